The van der Waals surface area contributed by atoms with Crippen LogP contribution in [0.15, 0.2) is 6.07 Å². The molecule has 3 rings (SSSR count). The van der Waals surface area contributed by atoms with Crippen LogP contribution in [0.25, 0.3) is 0 Å². The average molecular weight is 291 g/mol. The van der Waals surface area contributed by atoms with E-state index in [9.17, 15) is 0 Å². The van der Waals surface area contributed by atoms with E-state index in [0.717, 1.165) is 43.8 Å². The van der Waals surface area contributed by atoms with Gasteiger partial charge in [-0.15, -0.1) is 0 Å². The maximum absolute atomic E-state index is 5.83. The molecule has 0 spiro atoms. The third-order valence-electron chi connectivity index (χ3n) is 4.10. The van der Waals surface area contributed by atoms with Gasteiger partial charge in [0.2, 0.25) is 0 Å². The van der Waals surface area contributed by atoms with Gasteiger partial charge in [-0.25, -0.2) is 4.98 Å². The predicted molar refractivity (Wildman–Crippen MR) is 84.2 cm³/mol. The zero-order valence-corrected chi connectivity index (χ0v) is 12.5. The fraction of sp³-hybridized carbons (Fsp3) is 0.600. The van der Waals surface area contributed by atoms with Crippen LogP contribution in [-0.2, 0) is 17.6 Å². The summed E-state index contributed by atoms with van der Waals surface area (Å²) in [6.45, 7) is 1.76. The number of nitrogens with two attached hydrogens (primary N) is 1. The van der Waals surface area contributed by atoms with Crippen LogP contribution >= 0.6 is 12.2 Å². The van der Waals surface area contributed by atoms with E-state index < -0.39 is 0 Å². The Hall–Kier alpha value is -1.20. The summed E-state index contributed by atoms with van der Waals surface area (Å²) in [6, 6.07) is 2.12. The van der Waals surface area contributed by atoms with Gasteiger partial charge >= 0.3 is 0 Å². The van der Waals surface area contributed by atoms with Crippen LogP contribution in [0, 0.1) is 0 Å². The standard InChI is InChI=1S/C15H21N3OS/c16-14(20)12-9-10-3-1-5-13(10)18-15(12)17-7-6-11-4-2-8-19-11/h9,11H,1-8H2,(H2,16,20)(H,17,18). The molecule has 0 aromatic carbocycles. The van der Waals surface area contributed by atoms with E-state index in [1.165, 1.54) is 30.5 Å². The van der Waals surface area contributed by atoms with Crippen molar-refractivity contribution in [1.29, 1.82) is 0 Å². The van der Waals surface area contributed by atoms with Gasteiger partial charge in [-0.05, 0) is 50.2 Å². The number of hydrogen-bond donors (Lipinski definition) is 2. The molecule has 20 heavy (non-hydrogen) atoms. The van der Waals surface area contributed by atoms with Crippen molar-refractivity contribution in [2.45, 2.75) is 44.6 Å². The molecule has 1 fully saturated rings. The minimum atomic E-state index is 0.394. The van der Waals surface area contributed by atoms with Gasteiger partial charge in [0.15, 0.2) is 0 Å². The number of pyridine rings is 1. The summed E-state index contributed by atoms with van der Waals surface area (Å²) in [6.07, 6.45) is 7.09. The van der Waals surface area contributed by atoms with Gasteiger partial charge in [0, 0.05) is 18.8 Å². The number of thiocarbonyl (C=S) groups is 1. The first-order valence-electron chi connectivity index (χ1n) is 7.42. The molecule has 1 saturated heterocycles. The highest BCUT2D eigenvalue weighted by Gasteiger charge is 2.18. The molecule has 108 valence electrons. The third kappa shape index (κ3) is 2.94. The molecular weight excluding hydrogens is 270 g/mol. The van der Waals surface area contributed by atoms with Gasteiger partial charge in [0.1, 0.15) is 10.8 Å². The normalized spacial score (nSPS) is 20.9. The number of rotatable bonds is 5. The SMILES string of the molecule is NC(=S)c1cc2c(nc1NCCC1CCCO1)CCC2. The maximum Gasteiger partial charge on any atom is 0.136 e. The molecule has 2 aliphatic rings. The van der Waals surface area contributed by atoms with Gasteiger partial charge in [0.25, 0.3) is 0 Å². The van der Waals surface area contributed by atoms with Crippen molar-refractivity contribution >= 4 is 23.0 Å². The Kier molecular flexibility index (Phi) is 4.17. The maximum atomic E-state index is 5.83. The molecule has 1 unspecified atom stereocenters. The molecule has 1 aliphatic carbocycles. The van der Waals surface area contributed by atoms with Crippen molar-refractivity contribution in [2.75, 3.05) is 18.5 Å². The highest BCUT2D eigenvalue weighted by molar-refractivity contribution is 7.80. The number of nitrogens with zero attached hydrogens (tertiary/aromatic N) is 1. The number of aryl methyl sites for hydroxylation is 2. The molecule has 0 bridgehead atoms. The Morgan fingerprint density at radius 1 is 1.45 bits per heavy atom. The van der Waals surface area contributed by atoms with Gasteiger partial charge < -0.3 is 15.8 Å². The van der Waals surface area contributed by atoms with Gasteiger partial charge in [0.05, 0.1) is 11.7 Å². The lowest BCUT2D eigenvalue weighted by Crippen LogP contribution is -2.18. The van der Waals surface area contributed by atoms with E-state index in [0.29, 0.717) is 11.1 Å². The first-order valence-corrected chi connectivity index (χ1v) is 7.83. The molecule has 1 atom stereocenters. The summed E-state index contributed by atoms with van der Waals surface area (Å²) in [4.78, 5) is 5.14. The second-order valence-electron chi connectivity index (χ2n) is 5.56. The summed E-state index contributed by atoms with van der Waals surface area (Å²) < 4.78 is 5.63. The largest absolute Gasteiger partial charge is 0.389 e. The van der Waals surface area contributed by atoms with Crippen LogP contribution < -0.4 is 11.1 Å². The van der Waals surface area contributed by atoms with E-state index in [1.54, 1.807) is 0 Å². The van der Waals surface area contributed by atoms with Crippen molar-refractivity contribution in [2.24, 2.45) is 5.73 Å². The summed E-state index contributed by atoms with van der Waals surface area (Å²) in [5.41, 5.74) is 9.21. The molecule has 0 amide bonds. The molecule has 0 saturated carbocycles. The second kappa shape index (κ2) is 6.06. The Bertz CT molecular complexity index is 512. The summed E-state index contributed by atoms with van der Waals surface area (Å²) >= 11 is 5.15. The summed E-state index contributed by atoms with van der Waals surface area (Å²) in [7, 11) is 0. The van der Waals surface area contributed by atoms with Crippen molar-refractivity contribution in [3.8, 4) is 0 Å². The van der Waals surface area contributed by atoms with Crippen LogP contribution in [-0.4, -0.2) is 29.2 Å². The van der Waals surface area contributed by atoms with Crippen molar-refractivity contribution in [3.63, 3.8) is 0 Å². The minimum Gasteiger partial charge on any atom is -0.389 e. The van der Waals surface area contributed by atoms with Gasteiger partial charge in [-0.3, -0.25) is 0 Å². The van der Waals surface area contributed by atoms with E-state index >= 15 is 0 Å². The van der Waals surface area contributed by atoms with Gasteiger partial charge in [-0.2, -0.15) is 0 Å². The molecule has 2 heterocycles. The van der Waals surface area contributed by atoms with Crippen LogP contribution in [0.1, 0.15) is 42.5 Å². The lowest BCUT2D eigenvalue weighted by atomic mass is 10.1. The van der Waals surface area contributed by atoms with E-state index in [4.69, 9.17) is 27.7 Å². The molecule has 1 aromatic rings. The number of anilines is 1. The number of ether oxygens (including phenoxy) is 1. The molecule has 0 radical (unpaired) electrons. The molecule has 3 N–H and O–H groups in total. The highest BCUT2D eigenvalue weighted by Crippen LogP contribution is 2.25. The Morgan fingerprint density at radius 2 is 2.35 bits per heavy atom. The minimum absolute atomic E-state index is 0.394. The Labute approximate surface area is 125 Å². The van der Waals surface area contributed by atoms with E-state index in [-0.39, 0.29) is 0 Å². The molecule has 4 nitrogen and oxygen atoms in total. The number of aromatic nitrogens is 1. The first-order chi connectivity index (χ1) is 9.74. The summed E-state index contributed by atoms with van der Waals surface area (Å²) in [5.74, 6) is 0.844. The average Bonchev–Trinajstić information content (AvgIpc) is 3.07. The van der Waals surface area contributed by atoms with Crippen LogP contribution in [0.5, 0.6) is 0 Å². The fourth-order valence-electron chi connectivity index (χ4n) is 3.02. The quantitative estimate of drug-likeness (QED) is 0.814. The van der Waals surface area contributed by atoms with Crippen molar-refractivity contribution in [3.05, 3.63) is 22.9 Å². The van der Waals surface area contributed by atoms with E-state index in [1.807, 2.05) is 0 Å². The van der Waals surface area contributed by atoms with Crippen molar-refractivity contribution in [1.82, 2.24) is 4.98 Å². The predicted octanol–water partition coefficient (Wildman–Crippen LogP) is 2.19. The zero-order valence-electron chi connectivity index (χ0n) is 11.7. The van der Waals surface area contributed by atoms with Gasteiger partial charge in [-0.1, -0.05) is 12.2 Å². The van der Waals surface area contributed by atoms with Crippen LogP contribution in [0.2, 0.25) is 0 Å². The van der Waals surface area contributed by atoms with Crippen molar-refractivity contribution < 1.29 is 4.74 Å². The molecular formula is C15H21N3OS. The lowest BCUT2D eigenvalue weighted by molar-refractivity contribution is 0.107. The lowest BCUT2D eigenvalue weighted by Gasteiger charge is -2.14. The second-order valence-corrected chi connectivity index (χ2v) is 6.00. The number of hydrogen-bond acceptors (Lipinski definition) is 4. The fourth-order valence-corrected chi connectivity index (χ4v) is 3.17. The van der Waals surface area contributed by atoms with Crippen LogP contribution in [0.4, 0.5) is 5.82 Å². The topological polar surface area (TPSA) is 60.2 Å². The first kappa shape index (κ1) is 13.8. The highest BCUT2D eigenvalue weighted by atomic mass is 32.1. The number of fused-ring (bicyclic) bond motifs is 1. The zero-order chi connectivity index (χ0) is 13.9. The summed E-state index contributed by atoms with van der Waals surface area (Å²) in [5, 5.41) is 3.39. The molecule has 1 aliphatic heterocycles. The monoisotopic (exact) mass is 291 g/mol. The smallest absolute Gasteiger partial charge is 0.136 e. The number of nitrogens with one attached hydrogen (secondary N) is 1. The molecule has 1 aromatic heterocycles. The Morgan fingerprint density at radius 3 is 3.10 bits per heavy atom. The van der Waals surface area contributed by atoms with E-state index in [2.05, 4.69) is 11.4 Å². The third-order valence-corrected chi connectivity index (χ3v) is 4.32. The Balaban J connectivity index is 1.69. The molecule has 5 heteroatoms. The van der Waals surface area contributed by atoms with Crippen LogP contribution in [0.3, 0.4) is 0 Å².